The van der Waals surface area contributed by atoms with Crippen LogP contribution in [0.5, 0.6) is 0 Å². The van der Waals surface area contributed by atoms with Gasteiger partial charge in [0.1, 0.15) is 5.82 Å². The van der Waals surface area contributed by atoms with Gasteiger partial charge in [0.25, 0.3) is 5.91 Å². The molecule has 1 aromatic carbocycles. The maximum atomic E-state index is 12.9. The lowest BCUT2D eigenvalue weighted by molar-refractivity contribution is 0.0603. The number of carbonyl (C=O) groups is 1. The van der Waals surface area contributed by atoms with Gasteiger partial charge in [-0.05, 0) is 42.0 Å². The van der Waals surface area contributed by atoms with Crippen LogP contribution >= 0.6 is 11.3 Å². The fraction of sp³-hybridized carbons (Fsp3) is 0.312. The van der Waals surface area contributed by atoms with Crippen LogP contribution in [0.1, 0.15) is 34.9 Å². The smallest absolute Gasteiger partial charge is 0.255 e. The molecule has 0 spiro atoms. The molecular weight excluding hydrogens is 289 g/mol. The van der Waals surface area contributed by atoms with Gasteiger partial charge in [-0.3, -0.25) is 4.79 Å². The number of aliphatic hydroxyl groups is 1. The number of nitrogens with zero attached hydrogens (tertiary/aromatic N) is 1. The molecule has 3 nitrogen and oxygen atoms in total. The van der Waals surface area contributed by atoms with Crippen LogP contribution in [0.3, 0.4) is 0 Å². The van der Waals surface area contributed by atoms with Crippen LogP contribution in [0, 0.1) is 5.82 Å². The van der Waals surface area contributed by atoms with E-state index >= 15 is 0 Å². The van der Waals surface area contributed by atoms with Gasteiger partial charge in [0.15, 0.2) is 0 Å². The minimum absolute atomic E-state index is 0.0417. The van der Waals surface area contributed by atoms with E-state index in [-0.39, 0.29) is 24.3 Å². The Balaban J connectivity index is 1.73. The summed E-state index contributed by atoms with van der Waals surface area (Å²) in [4.78, 5) is 14.2. The normalized spacial score (nSPS) is 15.7. The van der Waals surface area contributed by atoms with E-state index in [2.05, 4.69) is 0 Å². The topological polar surface area (TPSA) is 40.5 Å². The van der Waals surface area contributed by atoms with E-state index in [0.717, 1.165) is 12.8 Å². The molecule has 2 aromatic rings. The zero-order chi connectivity index (χ0) is 14.8. The van der Waals surface area contributed by atoms with Crippen LogP contribution in [0.2, 0.25) is 0 Å². The van der Waals surface area contributed by atoms with Crippen molar-refractivity contribution in [2.45, 2.75) is 25.0 Å². The first-order valence-electron chi connectivity index (χ1n) is 6.92. The molecule has 1 fully saturated rings. The molecule has 0 saturated heterocycles. The van der Waals surface area contributed by atoms with Crippen molar-refractivity contribution in [3.05, 3.63) is 58.0 Å². The molecule has 3 rings (SSSR count). The van der Waals surface area contributed by atoms with E-state index < -0.39 is 6.10 Å². The van der Waals surface area contributed by atoms with E-state index in [4.69, 9.17) is 0 Å². The van der Waals surface area contributed by atoms with E-state index in [9.17, 15) is 14.3 Å². The quantitative estimate of drug-likeness (QED) is 0.921. The standard InChI is InChI=1S/C16H16FNO2S/c17-13-3-1-11(2-4-13)15(19)9-18(14-5-6-14)16(20)12-7-8-21-10-12/h1-4,7-8,10,14-15,19H,5-6,9H2. The molecule has 110 valence electrons. The van der Waals surface area contributed by atoms with Gasteiger partial charge >= 0.3 is 0 Å². The average Bonchev–Trinajstić information content (AvgIpc) is 3.18. The summed E-state index contributed by atoms with van der Waals surface area (Å²) in [5.74, 6) is -0.376. The number of benzene rings is 1. The van der Waals surface area contributed by atoms with Crippen LogP contribution < -0.4 is 0 Å². The Labute approximate surface area is 126 Å². The number of amides is 1. The maximum absolute atomic E-state index is 12.9. The molecule has 1 amide bonds. The van der Waals surface area contributed by atoms with Gasteiger partial charge in [0.2, 0.25) is 0 Å². The second kappa shape index (κ2) is 5.95. The van der Waals surface area contributed by atoms with Gasteiger partial charge in [-0.1, -0.05) is 12.1 Å². The van der Waals surface area contributed by atoms with Crippen molar-refractivity contribution in [3.8, 4) is 0 Å². The summed E-state index contributed by atoms with van der Waals surface area (Å²) in [7, 11) is 0. The molecule has 1 heterocycles. The summed E-state index contributed by atoms with van der Waals surface area (Å²) in [6.07, 6.45) is 1.16. The molecule has 21 heavy (non-hydrogen) atoms. The molecule has 0 aliphatic heterocycles. The van der Waals surface area contributed by atoms with E-state index in [0.29, 0.717) is 11.1 Å². The van der Waals surface area contributed by atoms with Gasteiger partial charge in [-0.15, -0.1) is 0 Å². The summed E-state index contributed by atoms with van der Waals surface area (Å²) < 4.78 is 12.9. The number of aliphatic hydroxyl groups excluding tert-OH is 1. The highest BCUT2D eigenvalue weighted by molar-refractivity contribution is 7.08. The minimum atomic E-state index is -0.797. The van der Waals surface area contributed by atoms with E-state index in [1.807, 2.05) is 10.8 Å². The minimum Gasteiger partial charge on any atom is -0.387 e. The highest BCUT2D eigenvalue weighted by atomic mass is 32.1. The van der Waals surface area contributed by atoms with Gasteiger partial charge in [-0.25, -0.2) is 4.39 Å². The Morgan fingerprint density at radius 3 is 2.62 bits per heavy atom. The fourth-order valence-electron chi connectivity index (χ4n) is 2.31. The average molecular weight is 305 g/mol. The molecule has 5 heteroatoms. The number of thiophene rings is 1. The molecule has 1 atom stereocenters. The molecule has 1 unspecified atom stereocenters. The van der Waals surface area contributed by atoms with Crippen LogP contribution in [0.25, 0.3) is 0 Å². The largest absolute Gasteiger partial charge is 0.387 e. The molecular formula is C16H16FNO2S. The van der Waals surface area contributed by atoms with E-state index in [1.54, 1.807) is 23.1 Å². The number of hydrogen-bond donors (Lipinski definition) is 1. The fourth-order valence-corrected chi connectivity index (χ4v) is 2.94. The van der Waals surface area contributed by atoms with Crippen molar-refractivity contribution in [2.24, 2.45) is 0 Å². The van der Waals surface area contributed by atoms with Crippen molar-refractivity contribution < 1.29 is 14.3 Å². The Morgan fingerprint density at radius 2 is 2.05 bits per heavy atom. The predicted molar refractivity (Wildman–Crippen MR) is 79.7 cm³/mol. The van der Waals surface area contributed by atoms with Crippen molar-refractivity contribution >= 4 is 17.2 Å². The summed E-state index contributed by atoms with van der Waals surface area (Å²) >= 11 is 1.48. The van der Waals surface area contributed by atoms with Crippen LogP contribution in [-0.2, 0) is 0 Å². The molecule has 0 bridgehead atoms. The SMILES string of the molecule is O=C(c1ccsc1)N(CC(O)c1ccc(F)cc1)C1CC1. The Bertz CT molecular complexity index is 608. The first kappa shape index (κ1) is 14.2. The third-order valence-corrected chi connectivity index (χ3v) is 4.32. The van der Waals surface area contributed by atoms with Crippen LogP contribution in [0.15, 0.2) is 41.1 Å². The second-order valence-electron chi connectivity index (χ2n) is 5.27. The Morgan fingerprint density at radius 1 is 1.33 bits per heavy atom. The van der Waals surface area contributed by atoms with Gasteiger partial charge in [-0.2, -0.15) is 11.3 Å². The number of rotatable bonds is 5. The summed E-state index contributed by atoms with van der Waals surface area (Å²) in [6.45, 7) is 0.241. The summed E-state index contributed by atoms with van der Waals surface area (Å²) in [5.41, 5.74) is 1.29. The first-order valence-corrected chi connectivity index (χ1v) is 7.86. The van der Waals surface area contributed by atoms with Gasteiger partial charge < -0.3 is 10.0 Å². The molecule has 1 aliphatic carbocycles. The number of carbonyl (C=O) groups excluding carboxylic acids is 1. The molecule has 1 saturated carbocycles. The van der Waals surface area contributed by atoms with Crippen LogP contribution in [0.4, 0.5) is 4.39 Å². The van der Waals surface area contributed by atoms with E-state index in [1.165, 1.54) is 23.5 Å². The third kappa shape index (κ3) is 3.31. The van der Waals surface area contributed by atoms with Crippen molar-refractivity contribution in [3.63, 3.8) is 0 Å². The summed E-state index contributed by atoms with van der Waals surface area (Å²) in [5, 5.41) is 14.0. The lowest BCUT2D eigenvalue weighted by Gasteiger charge is -2.25. The first-order chi connectivity index (χ1) is 10.1. The molecule has 0 radical (unpaired) electrons. The Hall–Kier alpha value is -1.72. The molecule has 1 aromatic heterocycles. The molecule has 1 N–H and O–H groups in total. The van der Waals surface area contributed by atoms with Gasteiger partial charge in [0.05, 0.1) is 18.2 Å². The number of halogens is 1. The second-order valence-corrected chi connectivity index (χ2v) is 6.05. The molecule has 1 aliphatic rings. The maximum Gasteiger partial charge on any atom is 0.255 e. The predicted octanol–water partition coefficient (Wildman–Crippen LogP) is 3.23. The monoisotopic (exact) mass is 305 g/mol. The summed E-state index contributed by atoms with van der Waals surface area (Å²) in [6, 6.07) is 7.77. The lowest BCUT2D eigenvalue weighted by atomic mass is 10.1. The lowest BCUT2D eigenvalue weighted by Crippen LogP contribution is -2.36. The van der Waals surface area contributed by atoms with Crippen molar-refractivity contribution in [1.29, 1.82) is 0 Å². The zero-order valence-corrected chi connectivity index (χ0v) is 12.2. The van der Waals surface area contributed by atoms with Crippen LogP contribution in [-0.4, -0.2) is 28.5 Å². The number of hydrogen-bond acceptors (Lipinski definition) is 3. The Kier molecular flexibility index (Phi) is 4.03. The van der Waals surface area contributed by atoms with Crippen molar-refractivity contribution in [1.82, 2.24) is 4.90 Å². The highest BCUT2D eigenvalue weighted by Gasteiger charge is 2.34. The highest BCUT2D eigenvalue weighted by Crippen LogP contribution is 2.30. The van der Waals surface area contributed by atoms with Crippen molar-refractivity contribution in [2.75, 3.05) is 6.54 Å². The van der Waals surface area contributed by atoms with Gasteiger partial charge in [0, 0.05) is 11.4 Å². The zero-order valence-electron chi connectivity index (χ0n) is 11.4. The third-order valence-electron chi connectivity index (χ3n) is 3.64.